The van der Waals surface area contributed by atoms with Crippen LogP contribution in [0.5, 0.6) is 5.75 Å². The molecule has 0 fully saturated rings. The number of methoxy groups -OCH3 is 1. The Kier molecular flexibility index (Phi) is 3.54. The molecule has 0 spiro atoms. The molecule has 2 aromatic heterocycles. The van der Waals surface area contributed by atoms with Gasteiger partial charge in [0.2, 0.25) is 0 Å². The molecule has 0 atom stereocenters. The number of rotatable bonds is 2. The SMILES string of the molecule is COc1cc2cc3c(nc2cc1Cl)N(C(=O)c1cnccn1)CC3. The number of ether oxygens (including phenoxy) is 1. The summed E-state index contributed by atoms with van der Waals surface area (Å²) in [5.74, 6) is 1.06. The Morgan fingerprint density at radius 3 is 2.92 bits per heavy atom. The summed E-state index contributed by atoms with van der Waals surface area (Å²) >= 11 is 6.19. The van der Waals surface area contributed by atoms with Crippen molar-refractivity contribution in [1.29, 1.82) is 0 Å². The zero-order valence-electron chi connectivity index (χ0n) is 12.9. The van der Waals surface area contributed by atoms with Gasteiger partial charge in [-0.2, -0.15) is 0 Å². The highest BCUT2D eigenvalue weighted by Gasteiger charge is 2.28. The number of benzene rings is 1. The van der Waals surface area contributed by atoms with E-state index in [0.29, 0.717) is 28.8 Å². The van der Waals surface area contributed by atoms with Crippen molar-refractivity contribution in [2.45, 2.75) is 6.42 Å². The van der Waals surface area contributed by atoms with Crippen molar-refractivity contribution in [3.8, 4) is 5.75 Å². The number of nitrogens with zero attached hydrogens (tertiary/aromatic N) is 4. The molecule has 1 amide bonds. The number of carbonyl (C=O) groups is 1. The highest BCUT2D eigenvalue weighted by Crippen LogP contribution is 2.34. The summed E-state index contributed by atoms with van der Waals surface area (Å²) in [6, 6.07) is 5.64. The molecule has 1 aliphatic rings. The molecule has 120 valence electrons. The Labute approximate surface area is 143 Å². The highest BCUT2D eigenvalue weighted by molar-refractivity contribution is 6.32. The van der Waals surface area contributed by atoms with Crippen LogP contribution in [0.1, 0.15) is 16.1 Å². The van der Waals surface area contributed by atoms with Crippen molar-refractivity contribution < 1.29 is 9.53 Å². The summed E-state index contributed by atoms with van der Waals surface area (Å²) in [4.78, 5) is 27.0. The predicted molar refractivity (Wildman–Crippen MR) is 90.7 cm³/mol. The van der Waals surface area contributed by atoms with Crippen molar-refractivity contribution >= 4 is 34.2 Å². The van der Waals surface area contributed by atoms with Crippen LogP contribution >= 0.6 is 11.6 Å². The molecule has 24 heavy (non-hydrogen) atoms. The molecule has 0 bridgehead atoms. The molecule has 0 radical (unpaired) electrons. The van der Waals surface area contributed by atoms with E-state index < -0.39 is 0 Å². The van der Waals surface area contributed by atoms with Crippen LogP contribution in [0.4, 0.5) is 5.82 Å². The van der Waals surface area contributed by atoms with Gasteiger partial charge in [-0.25, -0.2) is 9.97 Å². The molecular weight excluding hydrogens is 328 g/mol. The van der Waals surface area contributed by atoms with Crippen LogP contribution in [0, 0.1) is 0 Å². The molecule has 1 aromatic carbocycles. The van der Waals surface area contributed by atoms with Crippen LogP contribution in [0.2, 0.25) is 5.02 Å². The average Bonchev–Trinajstić information content (AvgIpc) is 3.02. The van der Waals surface area contributed by atoms with Crippen LogP contribution in [0.3, 0.4) is 0 Å². The molecule has 0 unspecified atom stereocenters. The third-order valence-electron chi connectivity index (χ3n) is 4.03. The lowest BCUT2D eigenvalue weighted by molar-refractivity contribution is 0.0983. The quantitative estimate of drug-likeness (QED) is 0.717. The van der Waals surface area contributed by atoms with Crippen molar-refractivity contribution in [1.82, 2.24) is 15.0 Å². The van der Waals surface area contributed by atoms with Gasteiger partial charge in [0.25, 0.3) is 5.91 Å². The van der Waals surface area contributed by atoms with Gasteiger partial charge >= 0.3 is 0 Å². The van der Waals surface area contributed by atoms with Crippen LogP contribution in [0.15, 0.2) is 36.8 Å². The van der Waals surface area contributed by atoms with Gasteiger partial charge in [0.1, 0.15) is 17.3 Å². The predicted octanol–water partition coefficient (Wildman–Crippen LogP) is 2.89. The molecule has 6 nitrogen and oxygen atoms in total. The zero-order chi connectivity index (χ0) is 16.7. The maximum atomic E-state index is 12.7. The van der Waals surface area contributed by atoms with Crippen LogP contribution in [-0.4, -0.2) is 34.5 Å². The van der Waals surface area contributed by atoms with Crippen molar-refractivity contribution in [2.75, 3.05) is 18.6 Å². The molecule has 0 N–H and O–H groups in total. The van der Waals surface area contributed by atoms with Gasteiger partial charge in [0, 0.05) is 24.3 Å². The number of anilines is 1. The summed E-state index contributed by atoms with van der Waals surface area (Å²) in [6.07, 6.45) is 5.25. The number of hydrogen-bond acceptors (Lipinski definition) is 5. The summed E-state index contributed by atoms with van der Waals surface area (Å²) in [5.41, 5.74) is 2.04. The topological polar surface area (TPSA) is 68.2 Å². The smallest absolute Gasteiger partial charge is 0.279 e. The lowest BCUT2D eigenvalue weighted by atomic mass is 10.1. The molecular formula is C17H13ClN4O2. The maximum absolute atomic E-state index is 12.7. The molecule has 3 aromatic rings. The van der Waals surface area contributed by atoms with Gasteiger partial charge in [-0.3, -0.25) is 14.7 Å². The maximum Gasteiger partial charge on any atom is 0.279 e. The Bertz CT molecular complexity index is 946. The number of fused-ring (bicyclic) bond motifs is 2. The molecule has 0 saturated heterocycles. The zero-order valence-corrected chi connectivity index (χ0v) is 13.6. The standard InChI is InChI=1S/C17H13ClN4O2/c1-24-15-7-11-6-10-2-5-22(16(10)21-13(11)8-12(15)18)17(23)14-9-19-3-4-20-14/h3-4,6-9H,2,5H2,1H3. The van der Waals surface area contributed by atoms with E-state index in [0.717, 1.165) is 22.9 Å². The van der Waals surface area contributed by atoms with E-state index in [1.165, 1.54) is 18.6 Å². The second-order valence-corrected chi connectivity index (χ2v) is 5.86. The summed E-state index contributed by atoms with van der Waals surface area (Å²) in [5, 5.41) is 1.42. The fourth-order valence-corrected chi connectivity index (χ4v) is 3.10. The minimum absolute atomic E-state index is 0.201. The minimum atomic E-state index is -0.201. The fourth-order valence-electron chi connectivity index (χ4n) is 2.87. The van der Waals surface area contributed by atoms with E-state index in [1.54, 1.807) is 18.1 Å². The monoisotopic (exact) mass is 340 g/mol. The Balaban J connectivity index is 1.79. The van der Waals surface area contributed by atoms with Gasteiger partial charge in [-0.05, 0) is 30.2 Å². The molecule has 3 heterocycles. The average molecular weight is 341 g/mol. The normalized spacial score (nSPS) is 13.2. The molecule has 7 heteroatoms. The summed E-state index contributed by atoms with van der Waals surface area (Å²) < 4.78 is 5.25. The van der Waals surface area contributed by atoms with Crippen LogP contribution in [-0.2, 0) is 6.42 Å². The molecule has 0 aliphatic carbocycles. The van der Waals surface area contributed by atoms with E-state index in [9.17, 15) is 4.79 Å². The lowest BCUT2D eigenvalue weighted by Gasteiger charge is -2.16. The summed E-state index contributed by atoms with van der Waals surface area (Å²) in [6.45, 7) is 0.568. The molecule has 0 saturated carbocycles. The van der Waals surface area contributed by atoms with E-state index in [1.807, 2.05) is 12.1 Å². The Morgan fingerprint density at radius 2 is 2.17 bits per heavy atom. The van der Waals surface area contributed by atoms with Crippen molar-refractivity contribution in [3.05, 3.63) is 53.1 Å². The van der Waals surface area contributed by atoms with E-state index >= 15 is 0 Å². The first-order chi connectivity index (χ1) is 11.7. The number of carbonyl (C=O) groups excluding carboxylic acids is 1. The second-order valence-electron chi connectivity index (χ2n) is 5.45. The number of halogens is 1. The van der Waals surface area contributed by atoms with Crippen molar-refractivity contribution in [3.63, 3.8) is 0 Å². The van der Waals surface area contributed by atoms with Crippen LogP contribution in [0.25, 0.3) is 10.9 Å². The number of aromatic nitrogens is 3. The lowest BCUT2D eigenvalue weighted by Crippen LogP contribution is -2.30. The third-order valence-corrected chi connectivity index (χ3v) is 4.33. The van der Waals surface area contributed by atoms with E-state index in [4.69, 9.17) is 16.3 Å². The van der Waals surface area contributed by atoms with Gasteiger partial charge in [0.05, 0.1) is 23.8 Å². The van der Waals surface area contributed by atoms with Crippen molar-refractivity contribution in [2.24, 2.45) is 0 Å². The number of hydrogen-bond donors (Lipinski definition) is 0. The largest absolute Gasteiger partial charge is 0.495 e. The Hall–Kier alpha value is -2.73. The van der Waals surface area contributed by atoms with Gasteiger partial charge < -0.3 is 4.74 Å². The highest BCUT2D eigenvalue weighted by atomic mass is 35.5. The van der Waals surface area contributed by atoms with Gasteiger partial charge in [0.15, 0.2) is 0 Å². The van der Waals surface area contributed by atoms with E-state index in [2.05, 4.69) is 15.0 Å². The molecule has 4 rings (SSSR count). The van der Waals surface area contributed by atoms with E-state index in [-0.39, 0.29) is 5.91 Å². The number of pyridine rings is 1. The first-order valence-electron chi connectivity index (χ1n) is 7.42. The van der Waals surface area contributed by atoms with Crippen LogP contribution < -0.4 is 9.64 Å². The minimum Gasteiger partial charge on any atom is -0.495 e. The Morgan fingerprint density at radius 1 is 1.29 bits per heavy atom. The molecule has 1 aliphatic heterocycles. The first kappa shape index (κ1) is 14.8. The first-order valence-corrected chi connectivity index (χ1v) is 7.80. The number of amides is 1. The summed E-state index contributed by atoms with van der Waals surface area (Å²) in [7, 11) is 1.58. The van der Waals surface area contributed by atoms with Gasteiger partial charge in [-0.1, -0.05) is 11.6 Å². The van der Waals surface area contributed by atoms with Gasteiger partial charge in [-0.15, -0.1) is 0 Å². The fraction of sp³-hybridized carbons (Fsp3) is 0.176. The second kappa shape index (κ2) is 5.72. The third kappa shape index (κ3) is 2.35.